The molecule has 0 atom stereocenters. The lowest BCUT2D eigenvalue weighted by atomic mass is 9.97. The molecular weight excluding hydrogens is 1820 g/mol. The smallest absolute Gasteiger partial charge is 0.165 e. The van der Waals surface area contributed by atoms with Crippen LogP contribution >= 0.6 is 0 Å². The maximum Gasteiger partial charge on any atom is 0.165 e. The van der Waals surface area contributed by atoms with Gasteiger partial charge in [-0.05, 0) is 151 Å². The van der Waals surface area contributed by atoms with Crippen molar-refractivity contribution < 1.29 is 0 Å². The van der Waals surface area contributed by atoms with E-state index in [1.54, 1.807) is 0 Å². The van der Waals surface area contributed by atoms with Gasteiger partial charge in [-0.1, -0.05) is 400 Å². The number of rotatable bonds is 13. The topological polar surface area (TPSA) is 168 Å². The largest absolute Gasteiger partial charge is 0.284 e. The van der Waals surface area contributed by atoms with Gasteiger partial charge >= 0.3 is 0 Å². The Bertz CT molecular complexity index is 10600. The first-order valence-electron chi connectivity index (χ1n) is 49.9. The molecule has 0 aliphatic carbocycles. The predicted octanol–water partition coefficient (Wildman–Crippen LogP) is 32.9. The molecule has 0 bridgehead atoms. The van der Waals surface area contributed by atoms with Crippen molar-refractivity contribution in [2.45, 2.75) is 0 Å². The summed E-state index contributed by atoms with van der Waals surface area (Å²) in [5.41, 5.74) is 34.7. The molecule has 15 nitrogen and oxygen atoms in total. The lowest BCUT2D eigenvalue weighted by molar-refractivity contribution is 1.19. The Morgan fingerprint density at radius 1 is 0.134 bits per heavy atom. The van der Waals surface area contributed by atoms with Crippen LogP contribution in [0.5, 0.6) is 0 Å². The molecule has 0 amide bonds. The molecule has 0 fully saturated rings. The van der Waals surface area contributed by atoms with E-state index in [0.29, 0.717) is 17.5 Å². The quantitative estimate of drug-likeness (QED) is 0.107. The highest BCUT2D eigenvalue weighted by Gasteiger charge is 2.24. The summed E-state index contributed by atoms with van der Waals surface area (Å²) in [6.07, 6.45) is 6.08. The van der Waals surface area contributed by atoms with Gasteiger partial charge in [0, 0.05) is 117 Å². The van der Waals surface area contributed by atoms with Gasteiger partial charge in [-0.25, -0.2) is 59.8 Å². The molecule has 0 aliphatic rings. The average molecular weight is 1900 g/mol. The van der Waals surface area contributed by atoms with Crippen LogP contribution in [0, 0.1) is 0 Å². The highest BCUT2D eigenvalue weighted by Crippen LogP contribution is 2.44. The number of aromatic nitrogens is 15. The van der Waals surface area contributed by atoms with Gasteiger partial charge in [0.1, 0.15) is 33.5 Å². The number of nitrogens with zero attached hydrogens (tertiary/aromatic N) is 15. The van der Waals surface area contributed by atoms with Crippen molar-refractivity contribution in [3.63, 3.8) is 0 Å². The molecule has 0 saturated carbocycles. The molecule has 30 aromatic rings. The van der Waals surface area contributed by atoms with Crippen molar-refractivity contribution >= 4 is 137 Å². The van der Waals surface area contributed by atoms with E-state index in [2.05, 4.69) is 408 Å². The summed E-state index contributed by atoms with van der Waals surface area (Å²) in [6, 6.07) is 169. The fraction of sp³-hybridized carbons (Fsp3) is 0. The molecule has 0 unspecified atom stereocenters. The maximum atomic E-state index is 5.21. The molecule has 12 aromatic heterocycles. The third-order valence-electron chi connectivity index (χ3n) is 28.4. The summed E-state index contributed by atoms with van der Waals surface area (Å²) in [7, 11) is 0. The van der Waals surface area contributed by atoms with Gasteiger partial charge in [0.2, 0.25) is 0 Å². The highest BCUT2D eigenvalue weighted by molar-refractivity contribution is 6.14. The number of pyridine rings is 6. The van der Waals surface area contributed by atoms with Crippen molar-refractivity contribution in [1.29, 1.82) is 0 Å². The van der Waals surface area contributed by atoms with Crippen molar-refractivity contribution in [2.24, 2.45) is 0 Å². The van der Waals surface area contributed by atoms with Crippen molar-refractivity contribution in [1.82, 2.24) is 73.0 Å². The Balaban J connectivity index is 0.000000108. The number of hydrogen-bond acceptors (Lipinski definition) is 12. The first-order chi connectivity index (χ1) is 73.8. The SMILES string of the molecule is c1cc(-c2ccc(-c3nc(-c4ccc5ccccc5c4)c4ccccc4n3)cc2)cc(-c2nc3c(nc4ccccn43)c3ccccc23)c1.c1cc(-c2ccc(-c3nc(-c4cccc5ccccc45)c4ccccc4n3)cc2)cc(-c2nc3c(nc4ccccn43)c3ccccc23)c1.c1ccc(-c2cccc(-c3nc(-c4ccc(-c5cccc(-c6nc7c(nc8ccccn87)c7ccccc67)c5)cc4)nc4ccccc34)c2)cc1. The molecular formula is C134H83N15. The Hall–Kier alpha value is -20.4. The third-order valence-corrected chi connectivity index (χ3v) is 28.4. The van der Waals surface area contributed by atoms with E-state index in [1.807, 2.05) is 110 Å². The van der Waals surface area contributed by atoms with Crippen LogP contribution < -0.4 is 0 Å². The van der Waals surface area contributed by atoms with E-state index in [0.717, 1.165) is 239 Å². The summed E-state index contributed by atoms with van der Waals surface area (Å²) in [5, 5.41) is 14.4. The van der Waals surface area contributed by atoms with E-state index >= 15 is 0 Å². The zero-order chi connectivity index (χ0) is 98.4. The van der Waals surface area contributed by atoms with Crippen LogP contribution in [0.1, 0.15) is 0 Å². The van der Waals surface area contributed by atoms with E-state index in [4.69, 9.17) is 59.8 Å². The Morgan fingerprint density at radius 2 is 0.396 bits per heavy atom. The third kappa shape index (κ3) is 15.7. The Morgan fingerprint density at radius 3 is 0.792 bits per heavy atom. The number of para-hydroxylation sites is 3. The van der Waals surface area contributed by atoms with E-state index in [-0.39, 0.29) is 0 Å². The summed E-state index contributed by atoms with van der Waals surface area (Å²) >= 11 is 0. The molecule has 12 heterocycles. The second kappa shape index (κ2) is 36.5. The first-order valence-corrected chi connectivity index (χ1v) is 49.9. The van der Waals surface area contributed by atoms with Gasteiger partial charge in [0.25, 0.3) is 0 Å². The molecule has 18 aromatic carbocycles. The molecule has 0 saturated heterocycles. The summed E-state index contributed by atoms with van der Waals surface area (Å²) in [5.74, 6) is 2.12. The lowest BCUT2D eigenvalue weighted by Gasteiger charge is -2.12. The van der Waals surface area contributed by atoms with E-state index < -0.39 is 0 Å². The molecule has 694 valence electrons. The average Bonchev–Trinajstić information content (AvgIpc) is 1.60. The minimum atomic E-state index is 0.700. The van der Waals surface area contributed by atoms with Gasteiger partial charge in [-0.15, -0.1) is 0 Å². The van der Waals surface area contributed by atoms with Gasteiger partial charge in [0.15, 0.2) is 34.4 Å². The van der Waals surface area contributed by atoms with Crippen LogP contribution in [-0.2, 0) is 0 Å². The highest BCUT2D eigenvalue weighted by atomic mass is 15.1. The van der Waals surface area contributed by atoms with Crippen molar-refractivity contribution in [3.8, 4) is 146 Å². The summed E-state index contributed by atoms with van der Waals surface area (Å²) < 4.78 is 6.19. The minimum absolute atomic E-state index is 0.700. The number of fused-ring (bicyclic) bond motifs is 20. The van der Waals surface area contributed by atoms with Crippen molar-refractivity contribution in [3.05, 3.63) is 504 Å². The zero-order valence-corrected chi connectivity index (χ0v) is 80.1. The summed E-state index contributed by atoms with van der Waals surface area (Å²) in [6.45, 7) is 0. The normalized spacial score (nSPS) is 11.6. The fourth-order valence-electron chi connectivity index (χ4n) is 21.1. The van der Waals surface area contributed by atoms with Crippen LogP contribution in [0.3, 0.4) is 0 Å². The van der Waals surface area contributed by atoms with Crippen molar-refractivity contribution in [2.75, 3.05) is 0 Å². The van der Waals surface area contributed by atoms with Gasteiger partial charge in [-0.2, -0.15) is 0 Å². The molecule has 0 aliphatic heterocycles. The minimum Gasteiger partial charge on any atom is -0.284 e. The Labute approximate surface area is 854 Å². The zero-order valence-electron chi connectivity index (χ0n) is 80.1. The standard InChI is InChI=1S/C46H29N5.2C44H27N5/c1-2-12-30(13-3-1)33-14-10-17-36(28-33)43-39-20-6-7-21-40(39)47-45(49-43)32-25-23-31(24-26-32)34-15-11-16-35(29-34)42-37-18-4-5-19-38(37)44-46(50-42)51-27-9-8-22-41(51)48-44;1-2-15-33-29(11-1)12-10-19-34(33)41-37-18-5-6-20-38(37)45-43(47-41)30-24-22-28(23-25-30)31-13-9-14-32(27-31)40-35-16-3-4-17-36(35)42-44(48-40)49-26-8-7-21-39(49)46-42;1-2-11-31-27-34(24-21-28(31)10-1)41-37-16-5-6-17-38(37)45-43(47-41)30-22-19-29(20-23-30)32-12-9-13-33(26-32)40-35-14-3-4-15-36(35)42-44(48-40)49-25-8-7-18-39(49)46-42/h1-29H;2*1-27H. The monoisotopic (exact) mass is 1900 g/mol. The molecule has 30 rings (SSSR count). The number of hydrogen-bond donors (Lipinski definition) is 0. The maximum absolute atomic E-state index is 5.21. The summed E-state index contributed by atoms with van der Waals surface area (Å²) in [4.78, 5) is 60.9. The Kier molecular flexibility index (Phi) is 21.2. The first kappa shape index (κ1) is 86.5. The second-order valence-corrected chi connectivity index (χ2v) is 37.4. The molecule has 0 radical (unpaired) electrons. The molecule has 149 heavy (non-hydrogen) atoms. The predicted molar refractivity (Wildman–Crippen MR) is 609 cm³/mol. The molecule has 0 spiro atoms. The van der Waals surface area contributed by atoms with Gasteiger partial charge < -0.3 is 0 Å². The van der Waals surface area contributed by atoms with Crippen LogP contribution in [-0.4, -0.2) is 73.0 Å². The molecule has 15 heteroatoms. The van der Waals surface area contributed by atoms with Gasteiger partial charge in [-0.3, -0.25) is 13.2 Å². The van der Waals surface area contributed by atoms with Gasteiger partial charge in [0.05, 0.1) is 50.7 Å². The number of imidazole rings is 3. The van der Waals surface area contributed by atoms with E-state index in [9.17, 15) is 0 Å². The second-order valence-electron chi connectivity index (χ2n) is 37.4. The fourth-order valence-corrected chi connectivity index (χ4v) is 21.1. The van der Waals surface area contributed by atoms with Crippen LogP contribution in [0.2, 0.25) is 0 Å². The lowest BCUT2D eigenvalue weighted by Crippen LogP contribution is -1.96. The van der Waals surface area contributed by atoms with Crippen LogP contribution in [0.15, 0.2) is 504 Å². The van der Waals surface area contributed by atoms with E-state index in [1.165, 1.54) is 27.1 Å². The van der Waals surface area contributed by atoms with Crippen LogP contribution in [0.4, 0.5) is 0 Å². The number of benzene rings is 18. The molecule has 0 N–H and O–H groups in total. The van der Waals surface area contributed by atoms with Crippen LogP contribution in [0.25, 0.3) is 283 Å².